The van der Waals surface area contributed by atoms with Crippen LogP contribution in [0.15, 0.2) is 67.0 Å². The van der Waals surface area contributed by atoms with E-state index in [-0.39, 0.29) is 0 Å². The zero-order valence-corrected chi connectivity index (χ0v) is 17.7. The molecule has 4 aromatic rings. The predicted molar refractivity (Wildman–Crippen MR) is 117 cm³/mol. The van der Waals surface area contributed by atoms with Crippen LogP contribution in [0, 0.1) is 11.7 Å². The van der Waals surface area contributed by atoms with Crippen LogP contribution in [0.5, 0.6) is 0 Å². The fourth-order valence-corrected chi connectivity index (χ4v) is 3.58. The molecule has 0 aliphatic rings. The lowest BCUT2D eigenvalue weighted by Gasteiger charge is -2.15. The van der Waals surface area contributed by atoms with Crippen LogP contribution in [0.1, 0.15) is 11.1 Å². The van der Waals surface area contributed by atoms with Gasteiger partial charge in [-0.1, -0.05) is 42.5 Å². The second-order valence-corrected chi connectivity index (χ2v) is 7.63. The monoisotopic (exact) mass is 404 g/mol. The molecule has 0 saturated heterocycles. The summed E-state index contributed by atoms with van der Waals surface area (Å²) in [6.07, 6.45) is 3.96. The summed E-state index contributed by atoms with van der Waals surface area (Å²) < 4.78 is 6.44. The van der Waals surface area contributed by atoms with E-state index in [1.54, 1.807) is 0 Å². The Morgan fingerprint density at radius 3 is 2.52 bits per heavy atom. The first-order valence-electron chi connectivity index (χ1n) is 9.50. The lowest BCUT2D eigenvalue weighted by Crippen LogP contribution is -2.22. The summed E-state index contributed by atoms with van der Waals surface area (Å²) >= 11 is 5.63. The molecule has 7 heteroatoms. The highest BCUT2D eigenvalue weighted by atomic mass is 32.1. The van der Waals surface area contributed by atoms with Crippen LogP contribution in [0.3, 0.4) is 0 Å². The van der Waals surface area contributed by atoms with Crippen LogP contribution in [0.25, 0.3) is 17.1 Å². The Balaban J connectivity index is 1.50. The average Bonchev–Trinajstić information content (AvgIpc) is 3.29. The molecule has 0 saturated carbocycles. The van der Waals surface area contributed by atoms with Crippen LogP contribution in [-0.4, -0.2) is 36.1 Å². The van der Waals surface area contributed by atoms with Crippen molar-refractivity contribution in [3.05, 3.63) is 82.9 Å². The van der Waals surface area contributed by atoms with Gasteiger partial charge in [0.1, 0.15) is 0 Å². The highest BCUT2D eigenvalue weighted by molar-refractivity contribution is 7.71. The molecule has 2 aromatic heterocycles. The summed E-state index contributed by atoms with van der Waals surface area (Å²) in [6.45, 7) is 3.45. The zero-order chi connectivity index (χ0) is 20.4. The van der Waals surface area contributed by atoms with Gasteiger partial charge in [-0.05, 0) is 43.9 Å². The Kier molecular flexibility index (Phi) is 5.42. The number of hydrogen-bond acceptors (Lipinski definition) is 4. The molecule has 0 aliphatic carbocycles. The van der Waals surface area contributed by atoms with E-state index in [4.69, 9.17) is 17.3 Å². The molecule has 0 radical (unpaired) electrons. The van der Waals surface area contributed by atoms with Gasteiger partial charge in [-0.3, -0.25) is 4.90 Å². The summed E-state index contributed by atoms with van der Waals surface area (Å²) in [5, 5.41) is 9.26. The van der Waals surface area contributed by atoms with Gasteiger partial charge < -0.3 is 4.57 Å². The molecule has 148 valence electrons. The van der Waals surface area contributed by atoms with E-state index in [9.17, 15) is 0 Å². The maximum atomic E-state index is 5.63. The van der Waals surface area contributed by atoms with Gasteiger partial charge in [0.15, 0.2) is 10.6 Å². The lowest BCUT2D eigenvalue weighted by molar-refractivity contribution is 0.244. The zero-order valence-electron chi connectivity index (χ0n) is 16.9. The van der Waals surface area contributed by atoms with E-state index in [1.165, 1.54) is 5.56 Å². The first-order chi connectivity index (χ1) is 14.0. The fourth-order valence-electron chi connectivity index (χ4n) is 3.39. The van der Waals surface area contributed by atoms with Crippen LogP contribution in [-0.2, 0) is 20.3 Å². The number of hydrogen-bond donors (Lipinski definition) is 0. The number of rotatable bonds is 6. The summed E-state index contributed by atoms with van der Waals surface area (Å²) in [4.78, 5) is 2.18. The topological polar surface area (TPSA) is 43.8 Å². The summed E-state index contributed by atoms with van der Waals surface area (Å²) in [6, 6.07) is 18.3. The molecule has 0 aliphatic heterocycles. The maximum Gasteiger partial charge on any atom is 0.199 e. The number of aromatic nitrogens is 5. The van der Waals surface area contributed by atoms with E-state index in [0.717, 1.165) is 29.2 Å². The van der Waals surface area contributed by atoms with Gasteiger partial charge >= 0.3 is 0 Å². The molecule has 2 aromatic carbocycles. The van der Waals surface area contributed by atoms with Crippen molar-refractivity contribution in [2.75, 3.05) is 7.05 Å². The van der Waals surface area contributed by atoms with Gasteiger partial charge in [-0.2, -0.15) is 10.2 Å². The largest absolute Gasteiger partial charge is 0.303 e. The van der Waals surface area contributed by atoms with Gasteiger partial charge in [0.2, 0.25) is 0 Å². The molecule has 0 N–H and O–H groups in total. The molecule has 29 heavy (non-hydrogen) atoms. The van der Waals surface area contributed by atoms with Crippen molar-refractivity contribution in [1.82, 2.24) is 29.0 Å². The van der Waals surface area contributed by atoms with Crippen LogP contribution >= 0.6 is 12.2 Å². The first-order valence-corrected chi connectivity index (χ1v) is 9.91. The smallest absolute Gasteiger partial charge is 0.199 e. The van der Waals surface area contributed by atoms with Crippen molar-refractivity contribution < 1.29 is 0 Å². The Bertz CT molecular complexity index is 1170. The Hall–Kier alpha value is -3.03. The van der Waals surface area contributed by atoms with Crippen molar-refractivity contribution in [2.24, 2.45) is 7.05 Å². The molecule has 6 nitrogen and oxygen atoms in total. The average molecular weight is 405 g/mol. The maximum absolute atomic E-state index is 5.63. The molecule has 4 rings (SSSR count). The van der Waals surface area contributed by atoms with Gasteiger partial charge in [0.25, 0.3) is 0 Å². The third kappa shape index (κ3) is 4.06. The van der Waals surface area contributed by atoms with E-state index in [0.29, 0.717) is 11.4 Å². The third-order valence-corrected chi connectivity index (χ3v) is 5.40. The highest BCUT2D eigenvalue weighted by Gasteiger charge is 2.13. The number of benzene rings is 2. The minimum atomic E-state index is 0.606. The Morgan fingerprint density at radius 1 is 1.03 bits per heavy atom. The third-order valence-electron chi connectivity index (χ3n) is 4.91. The van der Waals surface area contributed by atoms with E-state index < -0.39 is 0 Å². The van der Waals surface area contributed by atoms with Crippen molar-refractivity contribution in [3.63, 3.8) is 0 Å². The van der Waals surface area contributed by atoms with Gasteiger partial charge in [0, 0.05) is 30.9 Å². The first kappa shape index (κ1) is 19.3. The van der Waals surface area contributed by atoms with Crippen molar-refractivity contribution in [2.45, 2.75) is 20.1 Å². The number of nitrogens with zero attached hydrogens (tertiary/aromatic N) is 6. The second kappa shape index (κ2) is 8.14. The molecule has 0 bridgehead atoms. The standard InChI is InChI=1S/C22H24N6S/c1-17-9-7-8-12-20(17)21-24-28(22(29)26(21)3)16-25(2)14-18-13-23-27(15-18)19-10-5-4-6-11-19/h4-13,15H,14,16H2,1-3H3. The molecule has 0 spiro atoms. The molecule has 0 amide bonds. The van der Waals surface area contributed by atoms with Gasteiger partial charge in [-0.15, -0.1) is 0 Å². The molecule has 0 atom stereocenters. The minimum absolute atomic E-state index is 0.606. The normalized spacial score (nSPS) is 11.3. The van der Waals surface area contributed by atoms with Crippen molar-refractivity contribution in [3.8, 4) is 17.1 Å². The molecular formula is C22H24N6S. The van der Waals surface area contributed by atoms with E-state index in [1.807, 2.05) is 69.6 Å². The van der Waals surface area contributed by atoms with Gasteiger partial charge in [-0.25, -0.2) is 9.36 Å². The Labute approximate surface area is 175 Å². The lowest BCUT2D eigenvalue weighted by atomic mass is 10.1. The van der Waals surface area contributed by atoms with Crippen molar-refractivity contribution in [1.29, 1.82) is 0 Å². The molecule has 0 unspecified atom stereocenters. The summed E-state index contributed by atoms with van der Waals surface area (Å²) in [7, 11) is 4.03. The number of aryl methyl sites for hydroxylation is 1. The highest BCUT2D eigenvalue weighted by Crippen LogP contribution is 2.21. The predicted octanol–water partition coefficient (Wildman–Crippen LogP) is 4.20. The van der Waals surface area contributed by atoms with Crippen LogP contribution in [0.2, 0.25) is 0 Å². The van der Waals surface area contributed by atoms with E-state index in [2.05, 4.69) is 42.3 Å². The van der Waals surface area contributed by atoms with Gasteiger partial charge in [0.05, 0.1) is 18.6 Å². The molecule has 0 fully saturated rings. The SMILES string of the molecule is Cc1ccccc1-c1nn(CN(C)Cc2cnn(-c3ccccc3)c2)c(=S)n1C. The van der Waals surface area contributed by atoms with E-state index >= 15 is 0 Å². The van der Waals surface area contributed by atoms with Crippen LogP contribution < -0.4 is 0 Å². The number of para-hydroxylation sites is 1. The second-order valence-electron chi connectivity index (χ2n) is 7.26. The van der Waals surface area contributed by atoms with Crippen molar-refractivity contribution >= 4 is 12.2 Å². The summed E-state index contributed by atoms with van der Waals surface area (Å²) in [5.74, 6) is 0.887. The Morgan fingerprint density at radius 2 is 1.76 bits per heavy atom. The molecule has 2 heterocycles. The minimum Gasteiger partial charge on any atom is -0.303 e. The van der Waals surface area contributed by atoms with Crippen LogP contribution in [0.4, 0.5) is 0 Å². The molecular weight excluding hydrogens is 380 g/mol. The fraction of sp³-hybridized carbons (Fsp3) is 0.227. The summed E-state index contributed by atoms with van der Waals surface area (Å²) in [5.41, 5.74) is 4.48. The quantitative estimate of drug-likeness (QED) is 0.452.